The molecule has 0 saturated carbocycles. The van der Waals surface area contributed by atoms with Gasteiger partial charge in [0.2, 0.25) is 0 Å². The summed E-state index contributed by atoms with van der Waals surface area (Å²) in [6, 6.07) is 10.0. The van der Waals surface area contributed by atoms with Gasteiger partial charge < -0.3 is 10.0 Å². The van der Waals surface area contributed by atoms with Crippen LogP contribution in [0.25, 0.3) is 0 Å². The number of carbonyl (C=O) groups is 2. The van der Waals surface area contributed by atoms with Crippen LogP contribution < -0.4 is 0 Å². The van der Waals surface area contributed by atoms with Gasteiger partial charge in [0.1, 0.15) is 6.54 Å². The highest BCUT2D eigenvalue weighted by atomic mass is 35.5. The molecule has 0 saturated heterocycles. The molecule has 2 rings (SSSR count). The molecule has 6 heteroatoms. The van der Waals surface area contributed by atoms with E-state index in [0.717, 1.165) is 5.56 Å². The first-order valence-electron chi connectivity index (χ1n) is 6.22. The second-order valence-corrected chi connectivity index (χ2v) is 4.85. The smallest absolute Gasteiger partial charge is 0.323 e. The zero-order chi connectivity index (χ0) is 15.2. The van der Waals surface area contributed by atoms with Crippen molar-refractivity contribution in [2.45, 2.75) is 6.54 Å². The quantitative estimate of drug-likeness (QED) is 0.921. The highest BCUT2D eigenvalue weighted by Crippen LogP contribution is 2.13. The summed E-state index contributed by atoms with van der Waals surface area (Å²) >= 11 is 5.81. The molecule has 108 valence electrons. The molecule has 1 amide bonds. The third-order valence-corrected chi connectivity index (χ3v) is 3.08. The largest absolute Gasteiger partial charge is 0.480 e. The molecule has 1 N–H and O–H groups in total. The molecular weight excluding hydrogens is 292 g/mol. The average Bonchev–Trinajstić information content (AvgIpc) is 2.48. The van der Waals surface area contributed by atoms with Crippen LogP contribution in [-0.2, 0) is 11.3 Å². The molecule has 1 aromatic carbocycles. The number of carboxylic acids is 1. The first kappa shape index (κ1) is 15.0. The van der Waals surface area contributed by atoms with Crippen LogP contribution in [0.1, 0.15) is 15.9 Å². The Bertz CT molecular complexity index is 629. The number of pyridine rings is 1. The Morgan fingerprint density at radius 1 is 1.10 bits per heavy atom. The Morgan fingerprint density at radius 3 is 2.29 bits per heavy atom. The highest BCUT2D eigenvalue weighted by Gasteiger charge is 2.18. The summed E-state index contributed by atoms with van der Waals surface area (Å²) in [6.45, 7) is -0.172. The summed E-state index contributed by atoms with van der Waals surface area (Å²) in [5.41, 5.74) is 1.21. The Balaban J connectivity index is 2.20. The molecule has 5 nitrogen and oxygen atoms in total. The molecule has 0 fully saturated rings. The zero-order valence-corrected chi connectivity index (χ0v) is 11.8. The maximum absolute atomic E-state index is 12.4. The van der Waals surface area contributed by atoms with E-state index in [-0.39, 0.29) is 19.0 Å². The van der Waals surface area contributed by atoms with Gasteiger partial charge in [0.25, 0.3) is 5.91 Å². The molecule has 0 spiro atoms. The average molecular weight is 305 g/mol. The van der Waals surface area contributed by atoms with Gasteiger partial charge in [-0.15, -0.1) is 0 Å². The summed E-state index contributed by atoms with van der Waals surface area (Å²) in [7, 11) is 0. The number of amides is 1. The van der Waals surface area contributed by atoms with Crippen molar-refractivity contribution in [2.24, 2.45) is 0 Å². The maximum Gasteiger partial charge on any atom is 0.323 e. The van der Waals surface area contributed by atoms with Crippen molar-refractivity contribution in [1.82, 2.24) is 9.88 Å². The van der Waals surface area contributed by atoms with E-state index in [4.69, 9.17) is 16.7 Å². The Morgan fingerprint density at radius 2 is 1.71 bits per heavy atom. The number of aromatic nitrogens is 1. The minimum atomic E-state index is -1.06. The number of halogens is 1. The number of carbonyl (C=O) groups excluding carboxylic acids is 1. The number of aliphatic carboxylic acids is 1. The minimum Gasteiger partial charge on any atom is -0.480 e. The van der Waals surface area contributed by atoms with E-state index in [0.29, 0.717) is 10.6 Å². The van der Waals surface area contributed by atoms with Crippen LogP contribution in [0.15, 0.2) is 48.8 Å². The summed E-state index contributed by atoms with van der Waals surface area (Å²) in [6.07, 6.45) is 2.99. The highest BCUT2D eigenvalue weighted by molar-refractivity contribution is 6.30. The van der Waals surface area contributed by atoms with Crippen molar-refractivity contribution in [1.29, 1.82) is 0 Å². The fraction of sp³-hybridized carbons (Fsp3) is 0.133. The normalized spacial score (nSPS) is 10.1. The molecule has 0 bridgehead atoms. The van der Waals surface area contributed by atoms with Crippen molar-refractivity contribution in [3.05, 3.63) is 64.9 Å². The lowest BCUT2D eigenvalue weighted by Gasteiger charge is -2.21. The molecule has 0 unspecified atom stereocenters. The van der Waals surface area contributed by atoms with Crippen LogP contribution in [0.5, 0.6) is 0 Å². The molecule has 0 atom stereocenters. The van der Waals surface area contributed by atoms with Gasteiger partial charge in [-0.1, -0.05) is 23.7 Å². The van der Waals surface area contributed by atoms with E-state index in [2.05, 4.69) is 4.98 Å². The zero-order valence-electron chi connectivity index (χ0n) is 11.1. The molecule has 1 aromatic heterocycles. The Kier molecular flexibility index (Phi) is 4.90. The lowest BCUT2D eigenvalue weighted by Crippen LogP contribution is -2.35. The third kappa shape index (κ3) is 4.29. The number of hydrogen-bond donors (Lipinski definition) is 1. The van der Waals surface area contributed by atoms with Gasteiger partial charge >= 0.3 is 5.97 Å². The first-order chi connectivity index (χ1) is 10.1. The van der Waals surface area contributed by atoms with E-state index in [1.165, 1.54) is 17.3 Å². The lowest BCUT2D eigenvalue weighted by molar-refractivity contribution is -0.137. The van der Waals surface area contributed by atoms with E-state index in [9.17, 15) is 9.59 Å². The minimum absolute atomic E-state index is 0.199. The third-order valence-electron chi connectivity index (χ3n) is 2.83. The summed E-state index contributed by atoms with van der Waals surface area (Å²) in [5, 5.41) is 9.56. The first-order valence-corrected chi connectivity index (χ1v) is 6.59. The van der Waals surface area contributed by atoms with Crippen molar-refractivity contribution in [2.75, 3.05) is 6.54 Å². The standard InChI is InChI=1S/C15H13ClN2O3/c16-13-3-1-11(2-4-13)9-18(10-14(19)20)15(21)12-5-7-17-8-6-12/h1-8H,9-10H2,(H,19,20). The molecule has 21 heavy (non-hydrogen) atoms. The van der Waals surface area contributed by atoms with E-state index in [1.807, 2.05) is 0 Å². The number of nitrogens with zero attached hydrogens (tertiary/aromatic N) is 2. The van der Waals surface area contributed by atoms with Gasteiger partial charge in [0.05, 0.1) is 0 Å². The van der Waals surface area contributed by atoms with Gasteiger partial charge in [-0.05, 0) is 29.8 Å². The summed E-state index contributed by atoms with van der Waals surface area (Å²) in [5.74, 6) is -1.42. The predicted octanol–water partition coefficient (Wildman–Crippen LogP) is 2.46. The Hall–Kier alpha value is -2.40. The topological polar surface area (TPSA) is 70.5 Å². The van der Waals surface area contributed by atoms with Gasteiger partial charge in [-0.3, -0.25) is 14.6 Å². The second-order valence-electron chi connectivity index (χ2n) is 4.42. The fourth-order valence-electron chi connectivity index (χ4n) is 1.85. The number of rotatable bonds is 5. The van der Waals surface area contributed by atoms with Crippen molar-refractivity contribution in [3.8, 4) is 0 Å². The monoisotopic (exact) mass is 304 g/mol. The summed E-state index contributed by atoms with van der Waals surface area (Å²) < 4.78 is 0. The van der Waals surface area contributed by atoms with Crippen LogP contribution in [0.3, 0.4) is 0 Å². The number of carboxylic acid groups (broad SMARTS) is 1. The second kappa shape index (κ2) is 6.85. The predicted molar refractivity (Wildman–Crippen MR) is 78.1 cm³/mol. The van der Waals surface area contributed by atoms with E-state index in [1.54, 1.807) is 36.4 Å². The van der Waals surface area contributed by atoms with Crippen molar-refractivity contribution in [3.63, 3.8) is 0 Å². The van der Waals surface area contributed by atoms with Gasteiger partial charge in [-0.2, -0.15) is 0 Å². The maximum atomic E-state index is 12.4. The lowest BCUT2D eigenvalue weighted by atomic mass is 10.2. The molecule has 1 heterocycles. The Labute approximate surface area is 126 Å². The van der Waals surface area contributed by atoms with E-state index >= 15 is 0 Å². The molecule has 0 radical (unpaired) electrons. The summed E-state index contributed by atoms with van der Waals surface area (Å²) in [4.78, 5) is 28.4. The molecule has 2 aromatic rings. The van der Waals surface area contributed by atoms with Crippen LogP contribution >= 0.6 is 11.6 Å². The SMILES string of the molecule is O=C(O)CN(Cc1ccc(Cl)cc1)C(=O)c1ccncc1. The molecule has 0 aliphatic rings. The van der Waals surface area contributed by atoms with Crippen LogP contribution in [0, 0.1) is 0 Å². The van der Waals surface area contributed by atoms with Crippen LogP contribution in [0.2, 0.25) is 5.02 Å². The fourth-order valence-corrected chi connectivity index (χ4v) is 1.98. The van der Waals surface area contributed by atoms with Crippen molar-refractivity contribution < 1.29 is 14.7 Å². The van der Waals surface area contributed by atoms with E-state index < -0.39 is 5.97 Å². The van der Waals surface area contributed by atoms with Gasteiger partial charge in [0, 0.05) is 29.5 Å². The number of benzene rings is 1. The van der Waals surface area contributed by atoms with Crippen LogP contribution in [-0.4, -0.2) is 33.4 Å². The molecule has 0 aliphatic carbocycles. The molecule has 0 aliphatic heterocycles. The van der Waals surface area contributed by atoms with Crippen molar-refractivity contribution >= 4 is 23.5 Å². The van der Waals surface area contributed by atoms with Gasteiger partial charge in [0.15, 0.2) is 0 Å². The van der Waals surface area contributed by atoms with Gasteiger partial charge in [-0.25, -0.2) is 0 Å². The number of hydrogen-bond acceptors (Lipinski definition) is 3. The molecular formula is C15H13ClN2O3. The van der Waals surface area contributed by atoms with Crippen LogP contribution in [0.4, 0.5) is 0 Å².